The maximum absolute atomic E-state index is 6.02. The average Bonchev–Trinajstić information content (AvgIpc) is 3.08. The van der Waals surface area contributed by atoms with Crippen LogP contribution in [-0.4, -0.2) is 15.0 Å². The standard InChI is InChI=1S/C20H15BrN4/c21-14-3-4-15-11(10-14)1-6-17-18(15)19(25-20(22)24-17)13-2-5-16-12(9-13)7-8-23-16/h2-5,7-10,23H,1,6H2,(H2,22,24,25). The van der Waals surface area contributed by atoms with Crippen molar-refractivity contribution in [1.29, 1.82) is 0 Å². The number of benzene rings is 2. The van der Waals surface area contributed by atoms with Gasteiger partial charge in [0.15, 0.2) is 0 Å². The van der Waals surface area contributed by atoms with Gasteiger partial charge in [0, 0.05) is 32.7 Å². The first-order valence-electron chi connectivity index (χ1n) is 8.22. The molecular formula is C20H15BrN4. The Morgan fingerprint density at radius 1 is 1.00 bits per heavy atom. The number of hydrogen-bond donors (Lipinski definition) is 2. The fourth-order valence-corrected chi connectivity index (χ4v) is 4.07. The molecule has 0 spiro atoms. The highest BCUT2D eigenvalue weighted by Gasteiger charge is 2.23. The summed E-state index contributed by atoms with van der Waals surface area (Å²) in [5, 5.41) is 1.16. The zero-order chi connectivity index (χ0) is 17.0. The number of aromatic nitrogens is 3. The van der Waals surface area contributed by atoms with E-state index in [1.807, 2.05) is 6.20 Å². The van der Waals surface area contributed by atoms with E-state index in [0.717, 1.165) is 50.7 Å². The Kier molecular flexibility index (Phi) is 3.18. The number of H-pyrrole nitrogens is 1. The van der Waals surface area contributed by atoms with E-state index in [-0.39, 0.29) is 0 Å². The molecule has 0 amide bonds. The molecule has 5 rings (SSSR count). The highest BCUT2D eigenvalue weighted by molar-refractivity contribution is 9.10. The van der Waals surface area contributed by atoms with E-state index in [1.165, 1.54) is 11.1 Å². The normalized spacial score (nSPS) is 12.8. The molecule has 0 bridgehead atoms. The van der Waals surface area contributed by atoms with Gasteiger partial charge in [0.05, 0.1) is 11.4 Å². The van der Waals surface area contributed by atoms with Crippen molar-refractivity contribution in [1.82, 2.24) is 15.0 Å². The van der Waals surface area contributed by atoms with Gasteiger partial charge >= 0.3 is 0 Å². The third kappa shape index (κ3) is 2.35. The molecule has 1 aliphatic rings. The number of nitrogens with two attached hydrogens (primary N) is 1. The minimum atomic E-state index is 0.337. The minimum Gasteiger partial charge on any atom is -0.368 e. The lowest BCUT2D eigenvalue weighted by Crippen LogP contribution is -2.11. The van der Waals surface area contributed by atoms with Crippen LogP contribution in [0.15, 0.2) is 53.1 Å². The number of hydrogen-bond acceptors (Lipinski definition) is 3. The third-order valence-electron chi connectivity index (χ3n) is 4.80. The lowest BCUT2D eigenvalue weighted by atomic mass is 9.86. The van der Waals surface area contributed by atoms with E-state index >= 15 is 0 Å². The van der Waals surface area contributed by atoms with Crippen molar-refractivity contribution >= 4 is 32.8 Å². The van der Waals surface area contributed by atoms with E-state index in [2.05, 4.69) is 73.3 Å². The van der Waals surface area contributed by atoms with E-state index in [0.29, 0.717) is 5.95 Å². The number of anilines is 1. The number of rotatable bonds is 1. The maximum Gasteiger partial charge on any atom is 0.220 e. The van der Waals surface area contributed by atoms with E-state index in [4.69, 9.17) is 5.73 Å². The van der Waals surface area contributed by atoms with E-state index in [9.17, 15) is 0 Å². The molecule has 0 atom stereocenters. The van der Waals surface area contributed by atoms with E-state index in [1.54, 1.807) is 0 Å². The molecule has 0 unspecified atom stereocenters. The molecule has 2 heterocycles. The van der Waals surface area contributed by atoms with Crippen LogP contribution in [0.2, 0.25) is 0 Å². The van der Waals surface area contributed by atoms with Crippen molar-refractivity contribution < 1.29 is 0 Å². The molecule has 0 saturated carbocycles. The van der Waals surface area contributed by atoms with Crippen molar-refractivity contribution in [2.75, 3.05) is 5.73 Å². The van der Waals surface area contributed by atoms with Crippen LogP contribution in [0.3, 0.4) is 0 Å². The molecule has 0 saturated heterocycles. The minimum absolute atomic E-state index is 0.337. The molecule has 0 aliphatic heterocycles. The zero-order valence-corrected chi connectivity index (χ0v) is 15.0. The number of aryl methyl sites for hydroxylation is 2. The van der Waals surface area contributed by atoms with Crippen molar-refractivity contribution in [3.63, 3.8) is 0 Å². The Labute approximate surface area is 153 Å². The van der Waals surface area contributed by atoms with Crippen LogP contribution in [0.1, 0.15) is 11.3 Å². The molecule has 122 valence electrons. The summed E-state index contributed by atoms with van der Waals surface area (Å²) in [6.07, 6.45) is 3.80. The Balaban J connectivity index is 1.80. The van der Waals surface area contributed by atoms with Gasteiger partial charge in [0.25, 0.3) is 0 Å². The predicted octanol–water partition coefficient (Wildman–Crippen LogP) is 4.74. The van der Waals surface area contributed by atoms with Gasteiger partial charge in [0.1, 0.15) is 0 Å². The largest absolute Gasteiger partial charge is 0.368 e. The monoisotopic (exact) mass is 390 g/mol. The molecule has 4 aromatic rings. The fraction of sp³-hybridized carbons (Fsp3) is 0.100. The molecule has 0 fully saturated rings. The Bertz CT molecular complexity index is 1130. The zero-order valence-electron chi connectivity index (χ0n) is 13.4. The molecule has 4 nitrogen and oxygen atoms in total. The fourth-order valence-electron chi connectivity index (χ4n) is 3.67. The first-order chi connectivity index (χ1) is 12.2. The summed E-state index contributed by atoms with van der Waals surface area (Å²) in [7, 11) is 0. The van der Waals surface area contributed by atoms with Gasteiger partial charge in [-0.15, -0.1) is 0 Å². The first kappa shape index (κ1) is 14.7. The Hall–Kier alpha value is -2.66. The van der Waals surface area contributed by atoms with Gasteiger partial charge in [-0.1, -0.05) is 28.1 Å². The summed E-state index contributed by atoms with van der Waals surface area (Å²) in [5.74, 6) is 0.337. The molecule has 2 aromatic heterocycles. The van der Waals surface area contributed by atoms with Crippen LogP contribution in [-0.2, 0) is 12.8 Å². The van der Waals surface area contributed by atoms with Crippen LogP contribution in [0.4, 0.5) is 5.95 Å². The van der Waals surface area contributed by atoms with Crippen molar-refractivity contribution in [2.45, 2.75) is 12.8 Å². The Morgan fingerprint density at radius 2 is 1.92 bits per heavy atom. The summed E-state index contributed by atoms with van der Waals surface area (Å²) in [4.78, 5) is 12.4. The molecule has 25 heavy (non-hydrogen) atoms. The summed E-state index contributed by atoms with van der Waals surface area (Å²) in [5.41, 5.74) is 13.8. The van der Waals surface area contributed by atoms with Crippen LogP contribution < -0.4 is 5.73 Å². The summed E-state index contributed by atoms with van der Waals surface area (Å²) in [6.45, 7) is 0. The molecular weight excluding hydrogens is 376 g/mol. The number of nitrogen functional groups attached to an aromatic ring is 1. The summed E-state index contributed by atoms with van der Waals surface area (Å²) < 4.78 is 1.10. The second kappa shape index (κ2) is 5.43. The van der Waals surface area contributed by atoms with Crippen LogP contribution in [0.25, 0.3) is 33.3 Å². The van der Waals surface area contributed by atoms with Crippen molar-refractivity contribution in [3.05, 3.63) is 64.4 Å². The van der Waals surface area contributed by atoms with Gasteiger partial charge in [-0.05, 0) is 54.3 Å². The van der Waals surface area contributed by atoms with E-state index < -0.39 is 0 Å². The van der Waals surface area contributed by atoms with Gasteiger partial charge in [-0.25, -0.2) is 9.97 Å². The smallest absolute Gasteiger partial charge is 0.220 e. The number of fused-ring (bicyclic) bond motifs is 4. The quantitative estimate of drug-likeness (QED) is 0.493. The second-order valence-corrected chi connectivity index (χ2v) is 7.25. The number of aromatic amines is 1. The molecule has 1 aliphatic carbocycles. The number of nitrogens with one attached hydrogen (secondary N) is 1. The maximum atomic E-state index is 6.02. The summed E-state index contributed by atoms with van der Waals surface area (Å²) >= 11 is 3.57. The predicted molar refractivity (Wildman–Crippen MR) is 104 cm³/mol. The second-order valence-electron chi connectivity index (χ2n) is 6.33. The lowest BCUT2D eigenvalue weighted by Gasteiger charge is -2.22. The molecule has 5 heteroatoms. The molecule has 2 aromatic carbocycles. The SMILES string of the molecule is Nc1nc2c(c(-c3ccc4[nH]ccc4c3)n1)-c1ccc(Br)cc1CC2. The number of halogens is 1. The van der Waals surface area contributed by atoms with Crippen LogP contribution >= 0.6 is 15.9 Å². The highest BCUT2D eigenvalue weighted by atomic mass is 79.9. The topological polar surface area (TPSA) is 67.6 Å². The summed E-state index contributed by atoms with van der Waals surface area (Å²) in [6, 6.07) is 14.8. The highest BCUT2D eigenvalue weighted by Crippen LogP contribution is 2.40. The Morgan fingerprint density at radius 3 is 2.84 bits per heavy atom. The first-order valence-corrected chi connectivity index (χ1v) is 9.01. The van der Waals surface area contributed by atoms with Gasteiger partial charge in [-0.2, -0.15) is 0 Å². The average molecular weight is 391 g/mol. The van der Waals surface area contributed by atoms with Gasteiger partial charge in [0.2, 0.25) is 5.95 Å². The van der Waals surface area contributed by atoms with Gasteiger partial charge in [-0.3, -0.25) is 0 Å². The van der Waals surface area contributed by atoms with Crippen LogP contribution in [0.5, 0.6) is 0 Å². The lowest BCUT2D eigenvalue weighted by molar-refractivity contribution is 0.888. The van der Waals surface area contributed by atoms with Gasteiger partial charge < -0.3 is 10.7 Å². The van der Waals surface area contributed by atoms with Crippen LogP contribution in [0, 0.1) is 0 Å². The van der Waals surface area contributed by atoms with Crippen molar-refractivity contribution in [3.8, 4) is 22.4 Å². The molecule has 3 N–H and O–H groups in total. The third-order valence-corrected chi connectivity index (χ3v) is 5.29. The van der Waals surface area contributed by atoms with Crippen molar-refractivity contribution in [2.24, 2.45) is 0 Å². The molecule has 0 radical (unpaired) electrons. The number of nitrogens with zero attached hydrogens (tertiary/aromatic N) is 2.